The molecule has 1 N–H and O–H groups in total. The van der Waals surface area contributed by atoms with E-state index < -0.39 is 17.9 Å². The van der Waals surface area contributed by atoms with Crippen LogP contribution in [0.5, 0.6) is 0 Å². The Balaban J connectivity index is 1.54. The Morgan fingerprint density at radius 3 is 2.24 bits per heavy atom. The molecule has 194 valence electrons. The molecule has 0 unspecified atom stereocenters. The lowest BCUT2D eigenvalue weighted by molar-refractivity contribution is -0.166. The number of halogens is 1. The number of anilines is 2. The standard InChI is InChI=1S/C30H33ClN2O4/c1-18(2)36-29(34)25(30(35)37-19(3)4)15-20-11-13-23(14-12-20)32-28-17-27(21-7-5-8-22(31)16-21)33-26-10-6-9-24(26)28/h5,7-8,11-14,16-19,25H,6,9-10,15H2,1-4H3,(H,32,33). The molecule has 7 heteroatoms. The van der Waals surface area contributed by atoms with Gasteiger partial charge in [-0.15, -0.1) is 0 Å². The third-order valence-electron chi connectivity index (χ3n) is 6.12. The molecule has 0 saturated carbocycles. The van der Waals surface area contributed by atoms with Gasteiger partial charge in [0, 0.05) is 27.7 Å². The minimum atomic E-state index is -1.01. The van der Waals surface area contributed by atoms with Crippen LogP contribution in [0.1, 0.15) is 50.9 Å². The second-order valence-corrected chi connectivity index (χ2v) is 10.3. The summed E-state index contributed by atoms with van der Waals surface area (Å²) in [5.41, 5.74) is 7.01. The lowest BCUT2D eigenvalue weighted by atomic mass is 9.99. The molecule has 1 aliphatic carbocycles. The topological polar surface area (TPSA) is 77.5 Å². The van der Waals surface area contributed by atoms with Crippen LogP contribution < -0.4 is 5.32 Å². The molecule has 0 fully saturated rings. The zero-order valence-electron chi connectivity index (χ0n) is 21.7. The van der Waals surface area contributed by atoms with Crippen LogP contribution in [0.25, 0.3) is 11.3 Å². The third-order valence-corrected chi connectivity index (χ3v) is 6.35. The second kappa shape index (κ2) is 11.8. The monoisotopic (exact) mass is 520 g/mol. The van der Waals surface area contributed by atoms with Gasteiger partial charge in [0.05, 0.1) is 17.9 Å². The lowest BCUT2D eigenvalue weighted by Gasteiger charge is -2.19. The zero-order valence-corrected chi connectivity index (χ0v) is 22.5. The molecule has 1 aromatic heterocycles. The quantitative estimate of drug-likeness (QED) is 0.250. The van der Waals surface area contributed by atoms with Gasteiger partial charge in [0.25, 0.3) is 0 Å². The van der Waals surface area contributed by atoms with Crippen LogP contribution in [0.4, 0.5) is 11.4 Å². The first kappa shape index (κ1) is 26.7. The van der Waals surface area contributed by atoms with Gasteiger partial charge in [0.15, 0.2) is 5.92 Å². The number of hydrogen-bond donors (Lipinski definition) is 1. The first-order valence-electron chi connectivity index (χ1n) is 12.7. The Morgan fingerprint density at radius 2 is 1.62 bits per heavy atom. The van der Waals surface area contributed by atoms with E-state index in [0.29, 0.717) is 5.02 Å². The summed E-state index contributed by atoms with van der Waals surface area (Å²) in [7, 11) is 0. The van der Waals surface area contributed by atoms with E-state index in [4.69, 9.17) is 26.1 Å². The van der Waals surface area contributed by atoms with Gasteiger partial charge in [0.2, 0.25) is 0 Å². The fourth-order valence-corrected chi connectivity index (χ4v) is 4.65. The van der Waals surface area contributed by atoms with Crippen molar-refractivity contribution in [1.29, 1.82) is 0 Å². The summed E-state index contributed by atoms with van der Waals surface area (Å²) < 4.78 is 10.6. The molecule has 6 nitrogen and oxygen atoms in total. The normalized spacial score (nSPS) is 12.6. The van der Waals surface area contributed by atoms with Gasteiger partial charge in [-0.1, -0.05) is 35.9 Å². The fourth-order valence-electron chi connectivity index (χ4n) is 4.46. The van der Waals surface area contributed by atoms with Crippen molar-refractivity contribution in [2.75, 3.05) is 5.32 Å². The largest absolute Gasteiger partial charge is 0.462 e. The van der Waals surface area contributed by atoms with Gasteiger partial charge in [-0.05, 0) is 94.8 Å². The number of pyridine rings is 1. The van der Waals surface area contributed by atoms with Gasteiger partial charge in [-0.2, -0.15) is 0 Å². The van der Waals surface area contributed by atoms with Crippen LogP contribution in [0, 0.1) is 5.92 Å². The van der Waals surface area contributed by atoms with E-state index >= 15 is 0 Å². The summed E-state index contributed by atoms with van der Waals surface area (Å²) in [4.78, 5) is 30.1. The molecule has 0 spiro atoms. The molecule has 0 bridgehead atoms. The SMILES string of the molecule is CC(C)OC(=O)C(Cc1ccc(Nc2cc(-c3cccc(Cl)c3)nc3c2CCC3)cc1)C(=O)OC(C)C. The van der Waals surface area contributed by atoms with Crippen molar-refractivity contribution < 1.29 is 19.1 Å². The lowest BCUT2D eigenvalue weighted by Crippen LogP contribution is -2.32. The number of rotatable bonds is 9. The number of hydrogen-bond acceptors (Lipinski definition) is 6. The molecule has 0 aliphatic heterocycles. The number of aromatic nitrogens is 1. The number of nitrogens with one attached hydrogen (secondary N) is 1. The number of benzene rings is 2. The van der Waals surface area contributed by atoms with Gasteiger partial charge >= 0.3 is 11.9 Å². The molecule has 0 radical (unpaired) electrons. The summed E-state index contributed by atoms with van der Waals surface area (Å²) in [5, 5.41) is 4.23. The molecule has 1 aliphatic rings. The van der Waals surface area contributed by atoms with Crippen LogP contribution in [0.15, 0.2) is 54.6 Å². The summed E-state index contributed by atoms with van der Waals surface area (Å²) >= 11 is 6.22. The van der Waals surface area contributed by atoms with Crippen molar-refractivity contribution in [3.05, 3.63) is 76.4 Å². The number of ether oxygens (including phenoxy) is 2. The van der Waals surface area contributed by atoms with E-state index in [1.807, 2.05) is 48.5 Å². The van der Waals surface area contributed by atoms with Gasteiger partial charge in [-0.25, -0.2) is 0 Å². The first-order chi connectivity index (χ1) is 17.7. The average Bonchev–Trinajstić information content (AvgIpc) is 3.31. The van der Waals surface area contributed by atoms with E-state index in [0.717, 1.165) is 53.2 Å². The second-order valence-electron chi connectivity index (χ2n) is 9.89. The molecule has 4 rings (SSSR count). The zero-order chi connectivity index (χ0) is 26.5. The van der Waals surface area contributed by atoms with E-state index in [2.05, 4.69) is 11.4 Å². The van der Waals surface area contributed by atoms with Crippen LogP contribution in [-0.2, 0) is 38.3 Å². The summed E-state index contributed by atoms with van der Waals surface area (Å²) in [5.74, 6) is -2.14. The Morgan fingerprint density at radius 1 is 0.946 bits per heavy atom. The highest BCUT2D eigenvalue weighted by molar-refractivity contribution is 6.30. The molecule has 0 saturated heterocycles. The predicted octanol–water partition coefficient (Wildman–Crippen LogP) is 6.70. The van der Waals surface area contributed by atoms with Gasteiger partial charge in [0.1, 0.15) is 0 Å². The Labute approximate surface area is 223 Å². The maximum Gasteiger partial charge on any atom is 0.320 e. The minimum absolute atomic E-state index is 0.209. The molecule has 37 heavy (non-hydrogen) atoms. The number of nitrogens with zero attached hydrogens (tertiary/aromatic N) is 1. The van der Waals surface area contributed by atoms with Crippen molar-refractivity contribution in [3.63, 3.8) is 0 Å². The molecule has 0 amide bonds. The highest BCUT2D eigenvalue weighted by Gasteiger charge is 2.31. The number of carbonyl (C=O) groups excluding carboxylic acids is 2. The Kier molecular flexibility index (Phi) is 8.49. The highest BCUT2D eigenvalue weighted by Crippen LogP contribution is 2.34. The van der Waals surface area contributed by atoms with Crippen LogP contribution in [-0.4, -0.2) is 29.1 Å². The predicted molar refractivity (Wildman–Crippen MR) is 146 cm³/mol. The molecular weight excluding hydrogens is 488 g/mol. The van der Waals surface area contributed by atoms with Crippen molar-refractivity contribution >= 4 is 34.9 Å². The average molecular weight is 521 g/mol. The maximum atomic E-state index is 12.6. The molecule has 3 aromatic rings. The number of carbonyl (C=O) groups is 2. The van der Waals surface area contributed by atoms with Crippen molar-refractivity contribution in [1.82, 2.24) is 4.98 Å². The van der Waals surface area contributed by atoms with E-state index in [1.165, 1.54) is 5.56 Å². The van der Waals surface area contributed by atoms with Crippen molar-refractivity contribution in [2.24, 2.45) is 5.92 Å². The van der Waals surface area contributed by atoms with Crippen molar-refractivity contribution in [3.8, 4) is 11.3 Å². The van der Waals surface area contributed by atoms with Gasteiger partial charge < -0.3 is 14.8 Å². The minimum Gasteiger partial charge on any atom is -0.462 e. The Hall–Kier alpha value is -3.38. The van der Waals surface area contributed by atoms with Crippen LogP contribution in [0.2, 0.25) is 5.02 Å². The van der Waals surface area contributed by atoms with E-state index in [1.54, 1.807) is 27.7 Å². The van der Waals surface area contributed by atoms with Gasteiger partial charge in [-0.3, -0.25) is 14.6 Å². The molecule has 1 heterocycles. The maximum absolute atomic E-state index is 12.6. The number of esters is 2. The fraction of sp³-hybridized carbons (Fsp3) is 0.367. The Bertz CT molecular complexity index is 1250. The van der Waals surface area contributed by atoms with Crippen molar-refractivity contribution in [2.45, 2.75) is 65.6 Å². The van der Waals surface area contributed by atoms with Crippen LogP contribution >= 0.6 is 11.6 Å². The summed E-state index contributed by atoms with van der Waals surface area (Å²) in [6, 6.07) is 17.5. The molecule has 0 atom stereocenters. The molecular formula is C30H33ClN2O4. The summed E-state index contributed by atoms with van der Waals surface area (Å²) in [6.45, 7) is 7.04. The number of fused-ring (bicyclic) bond motifs is 1. The number of aryl methyl sites for hydroxylation is 1. The highest BCUT2D eigenvalue weighted by atomic mass is 35.5. The first-order valence-corrected chi connectivity index (χ1v) is 13.1. The third kappa shape index (κ3) is 6.89. The van der Waals surface area contributed by atoms with Crippen LogP contribution in [0.3, 0.4) is 0 Å². The smallest absolute Gasteiger partial charge is 0.320 e. The summed E-state index contributed by atoms with van der Waals surface area (Å²) in [6.07, 6.45) is 2.60. The van der Waals surface area contributed by atoms with E-state index in [-0.39, 0.29) is 18.6 Å². The van der Waals surface area contributed by atoms with E-state index in [9.17, 15) is 9.59 Å². The molecule has 2 aromatic carbocycles.